The first-order chi connectivity index (χ1) is 6.63. The smallest absolute Gasteiger partial charge is 0.165 e. The maximum Gasteiger partial charge on any atom is 0.165 e. The number of ether oxygens (including phenoxy) is 1. The zero-order chi connectivity index (χ0) is 10.6. The van der Waals surface area contributed by atoms with Crippen LogP contribution in [-0.4, -0.2) is 25.7 Å². The summed E-state index contributed by atoms with van der Waals surface area (Å²) < 4.78 is 18.0. The molecule has 0 atom stereocenters. The number of likely N-dealkylation sites (N-methyl/N-ethyl adjacent to an activating group) is 1. The summed E-state index contributed by atoms with van der Waals surface area (Å²) >= 11 is 0. The summed E-state index contributed by atoms with van der Waals surface area (Å²) in [5.74, 6) is 5.39. The maximum absolute atomic E-state index is 13.2. The lowest BCUT2D eigenvalue weighted by Gasteiger charge is -2.09. The van der Waals surface area contributed by atoms with Gasteiger partial charge in [0.05, 0.1) is 7.11 Å². The molecular weight excluding hydrogens is 183 g/mol. The summed E-state index contributed by atoms with van der Waals surface area (Å²) in [4.78, 5) is 0. The van der Waals surface area contributed by atoms with Gasteiger partial charge in [-0.2, -0.15) is 0 Å². The average Bonchev–Trinajstić information content (AvgIpc) is 2.15. The van der Waals surface area contributed by atoms with E-state index >= 15 is 0 Å². The van der Waals surface area contributed by atoms with Crippen LogP contribution in [0.25, 0.3) is 0 Å². The van der Waals surface area contributed by atoms with E-state index in [1.807, 2.05) is 6.07 Å². The minimum absolute atomic E-state index is 0.273. The molecule has 0 saturated heterocycles. The van der Waals surface area contributed by atoms with Gasteiger partial charge in [-0.25, -0.2) is 9.40 Å². The van der Waals surface area contributed by atoms with Crippen molar-refractivity contribution in [3.05, 3.63) is 29.6 Å². The molecule has 78 valence electrons. The molecule has 1 aromatic rings. The summed E-state index contributed by atoms with van der Waals surface area (Å²) in [6.07, 6.45) is 0.730. The molecule has 0 bridgehead atoms. The molecule has 0 aromatic heterocycles. The molecule has 0 spiro atoms. The van der Waals surface area contributed by atoms with Gasteiger partial charge in [0, 0.05) is 13.6 Å². The molecule has 0 fully saturated rings. The standard InChI is InChI=1S/C10H15FN2O/c1-13(12)6-5-8-3-4-10(14-2)9(11)7-8/h3-4,7H,5-6,12H2,1-2H3. The predicted octanol–water partition coefficient (Wildman–Crippen LogP) is 1.18. The third-order valence-corrected chi connectivity index (χ3v) is 1.97. The number of nitrogens with two attached hydrogens (primary N) is 1. The highest BCUT2D eigenvalue weighted by atomic mass is 19.1. The topological polar surface area (TPSA) is 38.5 Å². The second kappa shape index (κ2) is 4.93. The molecule has 0 aliphatic carbocycles. The van der Waals surface area contributed by atoms with Gasteiger partial charge in [-0.15, -0.1) is 0 Å². The van der Waals surface area contributed by atoms with Crippen molar-refractivity contribution in [2.24, 2.45) is 5.84 Å². The third-order valence-electron chi connectivity index (χ3n) is 1.97. The highest BCUT2D eigenvalue weighted by Gasteiger charge is 2.03. The van der Waals surface area contributed by atoms with Gasteiger partial charge < -0.3 is 4.74 Å². The molecule has 1 rings (SSSR count). The molecule has 0 amide bonds. The maximum atomic E-state index is 13.2. The number of hydrogen-bond acceptors (Lipinski definition) is 3. The first-order valence-corrected chi connectivity index (χ1v) is 4.41. The van der Waals surface area contributed by atoms with Crippen LogP contribution >= 0.6 is 0 Å². The highest BCUT2D eigenvalue weighted by molar-refractivity contribution is 5.29. The van der Waals surface area contributed by atoms with Crippen LogP contribution in [-0.2, 0) is 6.42 Å². The zero-order valence-corrected chi connectivity index (χ0v) is 8.46. The van der Waals surface area contributed by atoms with Crippen molar-refractivity contribution in [2.75, 3.05) is 20.7 Å². The van der Waals surface area contributed by atoms with Crippen LogP contribution in [0.1, 0.15) is 5.56 Å². The second-order valence-electron chi connectivity index (χ2n) is 3.20. The van der Waals surface area contributed by atoms with Crippen LogP contribution in [0.4, 0.5) is 4.39 Å². The van der Waals surface area contributed by atoms with Gasteiger partial charge in [0.15, 0.2) is 11.6 Å². The lowest BCUT2D eigenvalue weighted by Crippen LogP contribution is -2.28. The van der Waals surface area contributed by atoms with Crippen molar-refractivity contribution in [1.82, 2.24) is 5.01 Å². The molecule has 0 radical (unpaired) electrons. The molecule has 0 aliphatic heterocycles. The highest BCUT2D eigenvalue weighted by Crippen LogP contribution is 2.17. The molecule has 14 heavy (non-hydrogen) atoms. The minimum Gasteiger partial charge on any atom is -0.494 e. The molecule has 1 aromatic carbocycles. The number of benzene rings is 1. The van der Waals surface area contributed by atoms with Gasteiger partial charge in [-0.1, -0.05) is 6.07 Å². The lowest BCUT2D eigenvalue weighted by molar-refractivity contribution is 0.353. The SMILES string of the molecule is COc1ccc(CCN(C)N)cc1F. The van der Waals surface area contributed by atoms with E-state index in [9.17, 15) is 4.39 Å². The molecule has 0 saturated carbocycles. The van der Waals surface area contributed by atoms with Crippen molar-refractivity contribution in [3.63, 3.8) is 0 Å². The van der Waals surface area contributed by atoms with Crippen LogP contribution in [0, 0.1) is 5.82 Å². The number of rotatable bonds is 4. The molecule has 2 N–H and O–H groups in total. The Morgan fingerprint density at radius 2 is 2.21 bits per heavy atom. The van der Waals surface area contributed by atoms with E-state index in [0.29, 0.717) is 6.54 Å². The lowest BCUT2D eigenvalue weighted by atomic mass is 10.1. The average molecular weight is 198 g/mol. The van der Waals surface area contributed by atoms with E-state index in [1.165, 1.54) is 13.2 Å². The van der Waals surface area contributed by atoms with Crippen molar-refractivity contribution in [3.8, 4) is 5.75 Å². The summed E-state index contributed by atoms with van der Waals surface area (Å²) in [5.41, 5.74) is 0.917. The number of halogens is 1. The van der Waals surface area contributed by atoms with Crippen LogP contribution < -0.4 is 10.6 Å². The Morgan fingerprint density at radius 1 is 1.50 bits per heavy atom. The number of hydrogen-bond donors (Lipinski definition) is 1. The molecule has 3 nitrogen and oxygen atoms in total. The number of hydrazine groups is 1. The fraction of sp³-hybridized carbons (Fsp3) is 0.400. The van der Waals surface area contributed by atoms with E-state index in [4.69, 9.17) is 10.6 Å². The van der Waals surface area contributed by atoms with E-state index in [2.05, 4.69) is 0 Å². The normalized spacial score (nSPS) is 10.6. The van der Waals surface area contributed by atoms with E-state index < -0.39 is 0 Å². The Kier molecular flexibility index (Phi) is 3.85. The van der Waals surface area contributed by atoms with Crippen molar-refractivity contribution in [1.29, 1.82) is 0 Å². The minimum atomic E-state index is -0.329. The summed E-state index contributed by atoms with van der Waals surface area (Å²) in [7, 11) is 3.23. The van der Waals surface area contributed by atoms with Gasteiger partial charge in [-0.3, -0.25) is 5.84 Å². The van der Waals surface area contributed by atoms with Crippen molar-refractivity contribution >= 4 is 0 Å². The third kappa shape index (κ3) is 2.97. The fourth-order valence-corrected chi connectivity index (χ4v) is 1.17. The molecular formula is C10H15FN2O. The molecule has 4 heteroatoms. The number of nitrogens with zero attached hydrogens (tertiary/aromatic N) is 1. The molecule has 0 heterocycles. The van der Waals surface area contributed by atoms with Crippen molar-refractivity contribution in [2.45, 2.75) is 6.42 Å². The van der Waals surface area contributed by atoms with Gasteiger partial charge >= 0.3 is 0 Å². The second-order valence-corrected chi connectivity index (χ2v) is 3.20. The summed E-state index contributed by atoms with van der Waals surface area (Å²) in [6, 6.07) is 4.94. The Labute approximate surface area is 83.2 Å². The van der Waals surface area contributed by atoms with Crippen LogP contribution in [0.3, 0.4) is 0 Å². The quantitative estimate of drug-likeness (QED) is 0.583. The Hall–Kier alpha value is -1.13. The Balaban J connectivity index is 2.66. The van der Waals surface area contributed by atoms with E-state index in [-0.39, 0.29) is 11.6 Å². The van der Waals surface area contributed by atoms with Crippen LogP contribution in [0.5, 0.6) is 5.75 Å². The Bertz CT molecular complexity index is 302. The van der Waals surface area contributed by atoms with E-state index in [1.54, 1.807) is 18.1 Å². The van der Waals surface area contributed by atoms with Gasteiger partial charge in [0.1, 0.15) is 0 Å². The Morgan fingerprint density at radius 3 is 2.71 bits per heavy atom. The summed E-state index contributed by atoms with van der Waals surface area (Å²) in [6.45, 7) is 0.700. The van der Waals surface area contributed by atoms with E-state index in [0.717, 1.165) is 12.0 Å². The first kappa shape index (κ1) is 10.9. The number of methoxy groups -OCH3 is 1. The monoisotopic (exact) mass is 198 g/mol. The molecule has 0 unspecified atom stereocenters. The molecule has 0 aliphatic rings. The van der Waals surface area contributed by atoms with Gasteiger partial charge in [0.25, 0.3) is 0 Å². The summed E-state index contributed by atoms with van der Waals surface area (Å²) in [5, 5.41) is 1.57. The fourth-order valence-electron chi connectivity index (χ4n) is 1.17. The van der Waals surface area contributed by atoms with Crippen LogP contribution in [0.2, 0.25) is 0 Å². The van der Waals surface area contributed by atoms with Gasteiger partial charge in [0.2, 0.25) is 0 Å². The predicted molar refractivity (Wildman–Crippen MR) is 53.5 cm³/mol. The zero-order valence-electron chi connectivity index (χ0n) is 8.46. The first-order valence-electron chi connectivity index (χ1n) is 4.41. The van der Waals surface area contributed by atoms with Crippen LogP contribution in [0.15, 0.2) is 18.2 Å². The van der Waals surface area contributed by atoms with Gasteiger partial charge in [-0.05, 0) is 24.1 Å². The van der Waals surface area contributed by atoms with Crippen molar-refractivity contribution < 1.29 is 9.13 Å². The largest absolute Gasteiger partial charge is 0.494 e.